The lowest BCUT2D eigenvalue weighted by Gasteiger charge is -2.30. The molecule has 2 aromatic heterocycles. The van der Waals surface area contributed by atoms with Crippen molar-refractivity contribution in [2.24, 2.45) is 0 Å². The van der Waals surface area contributed by atoms with Crippen molar-refractivity contribution >= 4 is 12.2 Å². The Bertz CT molecular complexity index is 617. The van der Waals surface area contributed by atoms with Crippen molar-refractivity contribution in [1.29, 1.82) is 0 Å². The van der Waals surface area contributed by atoms with E-state index in [1.54, 1.807) is 24.9 Å². The van der Waals surface area contributed by atoms with Gasteiger partial charge in [0, 0.05) is 38.3 Å². The molecule has 0 aliphatic carbocycles. The van der Waals surface area contributed by atoms with Gasteiger partial charge in [0.25, 0.3) is 6.01 Å². The Labute approximate surface area is 133 Å². The van der Waals surface area contributed by atoms with Gasteiger partial charge in [-0.15, -0.1) is 0 Å². The number of oxazole rings is 1. The fourth-order valence-electron chi connectivity index (χ4n) is 2.29. The molecule has 3 rings (SSSR count). The third kappa shape index (κ3) is 4.89. The lowest BCUT2D eigenvalue weighted by Crippen LogP contribution is -2.38. The Morgan fingerprint density at radius 2 is 2.09 bits per heavy atom. The van der Waals surface area contributed by atoms with Crippen LogP contribution in [-0.4, -0.2) is 40.3 Å². The molecule has 23 heavy (non-hydrogen) atoms. The molecule has 1 aliphatic heterocycles. The lowest BCUT2D eigenvalue weighted by atomic mass is 10.1. The van der Waals surface area contributed by atoms with E-state index >= 15 is 0 Å². The van der Waals surface area contributed by atoms with Crippen molar-refractivity contribution < 1.29 is 18.7 Å². The summed E-state index contributed by atoms with van der Waals surface area (Å²) >= 11 is 0. The van der Waals surface area contributed by atoms with Gasteiger partial charge in [-0.3, -0.25) is 4.98 Å². The standard InChI is InChI=1S/C14H18N4O2.CO2/c1-2-11-10-19-14(17-11)18-7-3-12(4-8-18)20-13-9-15-5-6-16-13;2-1-3/h5-6,9-10,12H,2-4,7-8H2,1H3;. The molecule has 1 aliphatic rings. The van der Waals surface area contributed by atoms with Crippen LogP contribution in [0.25, 0.3) is 0 Å². The average molecular weight is 318 g/mol. The lowest BCUT2D eigenvalue weighted by molar-refractivity contribution is -0.191. The SMILES string of the molecule is CCc1coc(N2CCC(Oc3cnccn3)CC2)n1.O=C=O. The largest absolute Gasteiger partial charge is 0.473 e. The molecule has 0 radical (unpaired) electrons. The van der Waals surface area contributed by atoms with Gasteiger partial charge in [0.1, 0.15) is 12.4 Å². The number of aromatic nitrogens is 3. The Morgan fingerprint density at radius 1 is 1.35 bits per heavy atom. The maximum absolute atomic E-state index is 8.12. The fourth-order valence-corrected chi connectivity index (χ4v) is 2.29. The van der Waals surface area contributed by atoms with E-state index in [4.69, 9.17) is 18.7 Å². The summed E-state index contributed by atoms with van der Waals surface area (Å²) < 4.78 is 11.3. The Morgan fingerprint density at radius 3 is 2.65 bits per heavy atom. The monoisotopic (exact) mass is 318 g/mol. The summed E-state index contributed by atoms with van der Waals surface area (Å²) in [5, 5.41) is 0. The molecule has 0 bridgehead atoms. The second kappa shape index (κ2) is 8.65. The summed E-state index contributed by atoms with van der Waals surface area (Å²) in [6, 6.07) is 0.722. The van der Waals surface area contributed by atoms with Gasteiger partial charge < -0.3 is 14.1 Å². The molecule has 0 unspecified atom stereocenters. The normalized spacial score (nSPS) is 14.6. The first kappa shape index (κ1) is 16.6. The van der Waals surface area contributed by atoms with Crippen LogP contribution in [0.15, 0.2) is 29.3 Å². The number of anilines is 1. The number of nitrogens with zero attached hydrogens (tertiary/aromatic N) is 4. The molecule has 8 nitrogen and oxygen atoms in total. The van der Waals surface area contributed by atoms with E-state index in [2.05, 4.69) is 26.8 Å². The van der Waals surface area contributed by atoms with E-state index in [0.717, 1.165) is 44.1 Å². The van der Waals surface area contributed by atoms with Crippen LogP contribution in [0.1, 0.15) is 25.5 Å². The molecular weight excluding hydrogens is 300 g/mol. The number of hydrogen-bond acceptors (Lipinski definition) is 8. The van der Waals surface area contributed by atoms with Crippen molar-refractivity contribution in [3.63, 3.8) is 0 Å². The highest BCUT2D eigenvalue weighted by Crippen LogP contribution is 2.21. The van der Waals surface area contributed by atoms with E-state index in [1.807, 2.05) is 0 Å². The third-order valence-corrected chi connectivity index (χ3v) is 3.44. The zero-order chi connectivity index (χ0) is 16.5. The molecule has 2 aromatic rings. The Balaban J connectivity index is 0.000000595. The number of aryl methyl sites for hydroxylation is 1. The summed E-state index contributed by atoms with van der Waals surface area (Å²) in [4.78, 5) is 31.0. The predicted octanol–water partition coefficient (Wildman–Crippen LogP) is 1.49. The van der Waals surface area contributed by atoms with Crippen LogP contribution in [0, 0.1) is 0 Å². The van der Waals surface area contributed by atoms with Crippen LogP contribution in [0.5, 0.6) is 5.88 Å². The summed E-state index contributed by atoms with van der Waals surface area (Å²) in [5.74, 6) is 0.593. The number of ether oxygens (including phenoxy) is 1. The smallest absolute Gasteiger partial charge is 0.373 e. The summed E-state index contributed by atoms with van der Waals surface area (Å²) in [6.45, 7) is 3.84. The summed E-state index contributed by atoms with van der Waals surface area (Å²) in [6.07, 6.45) is 9.86. The van der Waals surface area contributed by atoms with Crippen LogP contribution >= 0.6 is 0 Å². The first-order chi connectivity index (χ1) is 11.3. The van der Waals surface area contributed by atoms with Gasteiger partial charge in [-0.2, -0.15) is 14.6 Å². The first-order valence-corrected chi connectivity index (χ1v) is 7.38. The molecule has 8 heteroatoms. The van der Waals surface area contributed by atoms with E-state index < -0.39 is 0 Å². The van der Waals surface area contributed by atoms with Gasteiger partial charge in [0.2, 0.25) is 5.88 Å². The van der Waals surface area contributed by atoms with Crippen LogP contribution in [0.4, 0.5) is 6.01 Å². The number of piperidine rings is 1. The highest BCUT2D eigenvalue weighted by molar-refractivity contribution is 5.28. The summed E-state index contributed by atoms with van der Waals surface area (Å²) in [5.41, 5.74) is 0.998. The maximum Gasteiger partial charge on any atom is 0.373 e. The molecule has 122 valence electrons. The first-order valence-electron chi connectivity index (χ1n) is 7.38. The van der Waals surface area contributed by atoms with Crippen molar-refractivity contribution in [2.45, 2.75) is 32.3 Å². The second-order valence-electron chi connectivity index (χ2n) is 4.91. The van der Waals surface area contributed by atoms with Gasteiger partial charge in [0.15, 0.2) is 0 Å². The molecule has 3 heterocycles. The molecule has 0 atom stereocenters. The van der Waals surface area contributed by atoms with Crippen molar-refractivity contribution in [2.75, 3.05) is 18.0 Å². The quantitative estimate of drug-likeness (QED) is 0.836. The highest BCUT2D eigenvalue weighted by Gasteiger charge is 2.23. The zero-order valence-corrected chi connectivity index (χ0v) is 12.8. The number of carbonyl (C=O) groups excluding carboxylic acids is 2. The van der Waals surface area contributed by atoms with Crippen LogP contribution in [-0.2, 0) is 16.0 Å². The van der Waals surface area contributed by atoms with Crippen LogP contribution in [0.2, 0.25) is 0 Å². The average Bonchev–Trinajstić information content (AvgIpc) is 3.06. The second-order valence-corrected chi connectivity index (χ2v) is 4.91. The van der Waals surface area contributed by atoms with E-state index in [9.17, 15) is 0 Å². The van der Waals surface area contributed by atoms with Crippen LogP contribution < -0.4 is 9.64 Å². The molecule has 1 saturated heterocycles. The van der Waals surface area contributed by atoms with Crippen molar-refractivity contribution in [3.8, 4) is 5.88 Å². The molecule has 1 fully saturated rings. The van der Waals surface area contributed by atoms with E-state index in [-0.39, 0.29) is 12.3 Å². The molecule has 0 saturated carbocycles. The minimum absolute atomic E-state index is 0.184. The van der Waals surface area contributed by atoms with E-state index in [1.165, 1.54) is 0 Å². The van der Waals surface area contributed by atoms with Gasteiger partial charge >= 0.3 is 6.15 Å². The van der Waals surface area contributed by atoms with E-state index in [0.29, 0.717) is 5.88 Å². The topological polar surface area (TPSA) is 98.4 Å². The molecule has 0 amide bonds. The third-order valence-electron chi connectivity index (χ3n) is 3.44. The van der Waals surface area contributed by atoms with Crippen molar-refractivity contribution in [3.05, 3.63) is 30.5 Å². The predicted molar refractivity (Wildman–Crippen MR) is 78.8 cm³/mol. The van der Waals surface area contributed by atoms with Gasteiger partial charge in [0.05, 0.1) is 11.9 Å². The molecular formula is C15H18N4O4. The minimum atomic E-state index is 0.184. The van der Waals surface area contributed by atoms with Crippen LogP contribution in [0.3, 0.4) is 0 Å². The minimum Gasteiger partial charge on any atom is -0.473 e. The number of hydrogen-bond donors (Lipinski definition) is 0. The van der Waals surface area contributed by atoms with Gasteiger partial charge in [-0.25, -0.2) is 4.98 Å². The molecule has 0 N–H and O–H groups in total. The highest BCUT2D eigenvalue weighted by atomic mass is 16.5. The maximum atomic E-state index is 8.12. The van der Waals surface area contributed by atoms with Crippen molar-refractivity contribution in [1.82, 2.24) is 15.0 Å². The molecule has 0 spiro atoms. The fraction of sp³-hybridized carbons (Fsp3) is 0.467. The Kier molecular flexibility index (Phi) is 6.26. The molecule has 0 aromatic carbocycles. The van der Waals surface area contributed by atoms with Gasteiger partial charge in [-0.05, 0) is 6.42 Å². The Hall–Kier alpha value is -2.73. The van der Waals surface area contributed by atoms with Gasteiger partial charge in [-0.1, -0.05) is 6.92 Å². The zero-order valence-electron chi connectivity index (χ0n) is 12.8. The number of rotatable bonds is 4. The summed E-state index contributed by atoms with van der Waals surface area (Å²) in [7, 11) is 0.